The van der Waals surface area contributed by atoms with Gasteiger partial charge in [0.25, 0.3) is 0 Å². The van der Waals surface area contributed by atoms with Gasteiger partial charge in [-0.3, -0.25) is 9.69 Å². The molecule has 2 fully saturated rings. The van der Waals surface area contributed by atoms with Crippen molar-refractivity contribution in [2.75, 3.05) is 31.1 Å². The van der Waals surface area contributed by atoms with Gasteiger partial charge < -0.3 is 9.73 Å². The average Bonchev–Trinajstić information content (AvgIpc) is 3.17. The van der Waals surface area contributed by atoms with Crippen molar-refractivity contribution in [3.63, 3.8) is 0 Å². The van der Waals surface area contributed by atoms with Crippen LogP contribution in [0.3, 0.4) is 0 Å². The molecule has 3 heterocycles. The minimum absolute atomic E-state index is 0.0425. The molecule has 1 amide bonds. The van der Waals surface area contributed by atoms with Crippen LogP contribution in [0.15, 0.2) is 22.8 Å². The first-order valence-electron chi connectivity index (χ1n) is 8.28. The number of likely N-dealkylation sites (tertiary alicyclic amines) is 1. The van der Waals surface area contributed by atoms with Crippen LogP contribution in [0.4, 0.5) is 0 Å². The van der Waals surface area contributed by atoms with Crippen molar-refractivity contribution < 1.29 is 17.6 Å². The predicted octanol–water partition coefficient (Wildman–Crippen LogP) is 0.837. The molecule has 23 heavy (non-hydrogen) atoms. The highest BCUT2D eigenvalue weighted by Gasteiger charge is 2.35. The fourth-order valence-corrected chi connectivity index (χ4v) is 5.26. The molecule has 2 aliphatic heterocycles. The Labute approximate surface area is 137 Å². The summed E-state index contributed by atoms with van der Waals surface area (Å²) in [6.07, 6.45) is 4.70. The monoisotopic (exact) mass is 340 g/mol. The SMILES string of the molecule is O=C(NCCc1ccco1)C1CCN([C@@H]2CCS(=O)(=O)C2)CC1. The Kier molecular flexibility index (Phi) is 5.06. The average molecular weight is 340 g/mol. The van der Waals surface area contributed by atoms with Crippen molar-refractivity contribution in [2.24, 2.45) is 5.92 Å². The molecule has 0 bridgehead atoms. The van der Waals surface area contributed by atoms with Crippen LogP contribution in [-0.2, 0) is 21.1 Å². The molecule has 1 atom stereocenters. The molecular formula is C16H24N2O4S. The van der Waals surface area contributed by atoms with Crippen molar-refractivity contribution >= 4 is 15.7 Å². The molecule has 0 saturated carbocycles. The molecule has 0 aliphatic carbocycles. The molecule has 0 radical (unpaired) electrons. The van der Waals surface area contributed by atoms with Gasteiger partial charge in [0.15, 0.2) is 9.84 Å². The highest BCUT2D eigenvalue weighted by molar-refractivity contribution is 7.91. The second-order valence-electron chi connectivity index (χ2n) is 6.49. The Morgan fingerprint density at radius 3 is 2.70 bits per heavy atom. The minimum atomic E-state index is -2.84. The van der Waals surface area contributed by atoms with Crippen molar-refractivity contribution in [2.45, 2.75) is 31.7 Å². The van der Waals surface area contributed by atoms with E-state index >= 15 is 0 Å². The Balaban J connectivity index is 1.39. The van der Waals surface area contributed by atoms with Gasteiger partial charge in [0.05, 0.1) is 17.8 Å². The van der Waals surface area contributed by atoms with E-state index in [4.69, 9.17) is 4.42 Å². The number of hydrogen-bond donors (Lipinski definition) is 1. The molecule has 128 valence electrons. The largest absolute Gasteiger partial charge is 0.469 e. The maximum Gasteiger partial charge on any atom is 0.223 e. The first-order valence-corrected chi connectivity index (χ1v) is 10.1. The highest BCUT2D eigenvalue weighted by Crippen LogP contribution is 2.24. The molecule has 0 spiro atoms. The smallest absolute Gasteiger partial charge is 0.223 e. The quantitative estimate of drug-likeness (QED) is 0.859. The number of rotatable bonds is 5. The Hall–Kier alpha value is -1.34. The van der Waals surface area contributed by atoms with Crippen LogP contribution in [0, 0.1) is 5.92 Å². The first kappa shape index (κ1) is 16.5. The Bertz CT molecular complexity index is 619. The molecule has 0 aromatic carbocycles. The second-order valence-corrected chi connectivity index (χ2v) is 8.72. The van der Waals surface area contributed by atoms with Crippen molar-refractivity contribution in [1.82, 2.24) is 10.2 Å². The summed E-state index contributed by atoms with van der Waals surface area (Å²) in [5, 5.41) is 2.97. The lowest BCUT2D eigenvalue weighted by Crippen LogP contribution is -2.45. The third-order valence-corrected chi connectivity index (χ3v) is 6.63. The minimum Gasteiger partial charge on any atom is -0.469 e. The fourth-order valence-electron chi connectivity index (χ4n) is 3.50. The molecule has 6 nitrogen and oxygen atoms in total. The number of sulfone groups is 1. The molecule has 3 rings (SSSR count). The lowest BCUT2D eigenvalue weighted by Gasteiger charge is -2.34. The molecule has 2 aliphatic rings. The summed E-state index contributed by atoms with van der Waals surface area (Å²) < 4.78 is 28.4. The number of carbonyl (C=O) groups is 1. The standard InChI is InChI=1S/C16H24N2O4S/c19-16(17-7-3-15-2-1-10-22-15)13-4-8-18(9-5-13)14-6-11-23(20,21)12-14/h1-2,10,13-14H,3-9,11-12H2,(H,17,19)/t14-/m1/s1. The van der Waals surface area contributed by atoms with E-state index in [9.17, 15) is 13.2 Å². The normalized spacial score (nSPS) is 25.5. The van der Waals surface area contributed by atoms with Crippen molar-refractivity contribution in [1.29, 1.82) is 0 Å². The number of furan rings is 1. The van der Waals surface area contributed by atoms with Crippen LogP contribution in [0.25, 0.3) is 0 Å². The van der Waals surface area contributed by atoms with Crippen LogP contribution >= 0.6 is 0 Å². The van der Waals surface area contributed by atoms with Gasteiger partial charge in [0.1, 0.15) is 5.76 Å². The van der Waals surface area contributed by atoms with Gasteiger partial charge >= 0.3 is 0 Å². The van der Waals surface area contributed by atoms with E-state index in [0.717, 1.165) is 38.1 Å². The maximum atomic E-state index is 12.2. The molecule has 7 heteroatoms. The van der Waals surface area contributed by atoms with E-state index < -0.39 is 9.84 Å². The van der Waals surface area contributed by atoms with E-state index in [1.54, 1.807) is 6.26 Å². The lowest BCUT2D eigenvalue weighted by atomic mass is 9.94. The fraction of sp³-hybridized carbons (Fsp3) is 0.688. The van der Waals surface area contributed by atoms with Crippen molar-refractivity contribution in [3.05, 3.63) is 24.2 Å². The third-order valence-electron chi connectivity index (χ3n) is 4.88. The van der Waals surface area contributed by atoms with Gasteiger partial charge in [0, 0.05) is 24.9 Å². The predicted molar refractivity (Wildman–Crippen MR) is 86.8 cm³/mol. The van der Waals surface area contributed by atoms with E-state index in [-0.39, 0.29) is 23.6 Å². The second kappa shape index (κ2) is 7.05. The lowest BCUT2D eigenvalue weighted by molar-refractivity contribution is -0.126. The topological polar surface area (TPSA) is 79.6 Å². The van der Waals surface area contributed by atoms with Crippen LogP contribution in [-0.4, -0.2) is 56.4 Å². The summed E-state index contributed by atoms with van der Waals surface area (Å²) in [5.41, 5.74) is 0. The number of carbonyl (C=O) groups excluding carboxylic acids is 1. The highest BCUT2D eigenvalue weighted by atomic mass is 32.2. The molecule has 1 N–H and O–H groups in total. The van der Waals surface area contributed by atoms with Crippen molar-refractivity contribution in [3.8, 4) is 0 Å². The Morgan fingerprint density at radius 2 is 2.09 bits per heavy atom. The van der Waals surface area contributed by atoms with Crippen LogP contribution < -0.4 is 5.32 Å². The van der Waals surface area contributed by atoms with E-state index in [2.05, 4.69) is 10.2 Å². The number of piperidine rings is 1. The third kappa shape index (κ3) is 4.35. The molecular weight excluding hydrogens is 316 g/mol. The van der Waals surface area contributed by atoms with Gasteiger partial charge in [-0.25, -0.2) is 8.42 Å². The number of hydrogen-bond acceptors (Lipinski definition) is 5. The summed E-state index contributed by atoms with van der Waals surface area (Å²) >= 11 is 0. The molecule has 1 aromatic heterocycles. The summed E-state index contributed by atoms with van der Waals surface area (Å²) in [6, 6.07) is 3.90. The van der Waals surface area contributed by atoms with Crippen LogP contribution in [0.1, 0.15) is 25.0 Å². The number of nitrogens with zero attached hydrogens (tertiary/aromatic N) is 1. The maximum absolute atomic E-state index is 12.2. The summed E-state index contributed by atoms with van der Waals surface area (Å²) in [4.78, 5) is 14.4. The van der Waals surface area contributed by atoms with E-state index in [1.807, 2.05) is 12.1 Å². The van der Waals surface area contributed by atoms with E-state index in [1.165, 1.54) is 0 Å². The van der Waals surface area contributed by atoms with Crippen LogP contribution in [0.2, 0.25) is 0 Å². The Morgan fingerprint density at radius 1 is 1.30 bits per heavy atom. The summed E-state index contributed by atoms with van der Waals surface area (Å²) in [5.74, 6) is 1.62. The molecule has 0 unspecified atom stereocenters. The molecule has 1 aromatic rings. The van der Waals surface area contributed by atoms with E-state index in [0.29, 0.717) is 18.7 Å². The van der Waals surface area contributed by atoms with Gasteiger partial charge in [-0.2, -0.15) is 0 Å². The molecule has 2 saturated heterocycles. The van der Waals surface area contributed by atoms with Gasteiger partial charge in [0.2, 0.25) is 5.91 Å². The zero-order valence-corrected chi connectivity index (χ0v) is 14.1. The number of amides is 1. The summed E-state index contributed by atoms with van der Waals surface area (Å²) in [7, 11) is -2.84. The van der Waals surface area contributed by atoms with Gasteiger partial charge in [-0.05, 0) is 44.5 Å². The van der Waals surface area contributed by atoms with Gasteiger partial charge in [-0.1, -0.05) is 0 Å². The van der Waals surface area contributed by atoms with Gasteiger partial charge in [-0.15, -0.1) is 0 Å². The first-order chi connectivity index (χ1) is 11.0. The van der Waals surface area contributed by atoms with Crippen LogP contribution in [0.5, 0.6) is 0 Å². The zero-order chi connectivity index (χ0) is 16.3. The summed E-state index contributed by atoms with van der Waals surface area (Å²) in [6.45, 7) is 2.22. The number of nitrogens with one attached hydrogen (secondary N) is 1. The zero-order valence-electron chi connectivity index (χ0n) is 13.2.